The second-order valence-electron chi connectivity index (χ2n) is 8.24. The van der Waals surface area contributed by atoms with Crippen LogP contribution in [0.25, 0.3) is 0 Å². The van der Waals surface area contributed by atoms with Crippen LogP contribution < -0.4 is 0 Å². The van der Waals surface area contributed by atoms with Crippen LogP contribution in [0, 0.1) is 13.8 Å². The van der Waals surface area contributed by atoms with Gasteiger partial charge in [-0.1, -0.05) is 24.3 Å². The van der Waals surface area contributed by atoms with E-state index in [9.17, 15) is 4.79 Å². The van der Waals surface area contributed by atoms with Gasteiger partial charge in [0.1, 0.15) is 11.5 Å². The molecule has 0 bridgehead atoms. The number of carbonyl (C=O) groups excluding carboxylic acids is 1. The molecule has 5 heteroatoms. The smallest absolute Gasteiger partial charge is 0.237 e. The van der Waals surface area contributed by atoms with Crippen LogP contribution in [-0.2, 0) is 17.9 Å². The number of benzene rings is 1. The number of nitrogens with zero attached hydrogens (tertiary/aromatic N) is 3. The lowest BCUT2D eigenvalue weighted by molar-refractivity contribution is -0.134. The minimum absolute atomic E-state index is 0.240. The van der Waals surface area contributed by atoms with E-state index in [0.717, 1.165) is 57.1 Å². The van der Waals surface area contributed by atoms with Crippen LogP contribution in [0.2, 0.25) is 0 Å². The second-order valence-corrected chi connectivity index (χ2v) is 8.24. The van der Waals surface area contributed by atoms with Crippen molar-refractivity contribution in [1.29, 1.82) is 0 Å². The van der Waals surface area contributed by atoms with E-state index in [1.165, 1.54) is 11.1 Å². The molecule has 0 atom stereocenters. The van der Waals surface area contributed by atoms with Crippen LogP contribution in [-0.4, -0.2) is 59.4 Å². The Bertz CT molecular complexity index is 804. The molecular weight excluding hydrogens is 350 g/mol. The van der Waals surface area contributed by atoms with Gasteiger partial charge < -0.3 is 9.32 Å². The van der Waals surface area contributed by atoms with Crippen molar-refractivity contribution in [2.75, 3.05) is 32.7 Å². The standard InChI is InChI=1S/C23H31N3O2/c1-18-5-3-4-6-20(18)15-24-11-13-25(14-12-24)17-23(27)26(21-8-9-21)16-22-10-7-19(2)28-22/h3-7,10,21H,8-9,11-17H2,1-2H3. The summed E-state index contributed by atoms with van der Waals surface area (Å²) in [6.45, 7) is 10.2. The van der Waals surface area contributed by atoms with Gasteiger partial charge in [0.05, 0.1) is 13.1 Å². The third-order valence-electron chi connectivity index (χ3n) is 5.91. The van der Waals surface area contributed by atoms with Crippen molar-refractivity contribution in [3.8, 4) is 0 Å². The van der Waals surface area contributed by atoms with Crippen LogP contribution in [0.5, 0.6) is 0 Å². The van der Waals surface area contributed by atoms with Gasteiger partial charge in [-0.15, -0.1) is 0 Å². The molecule has 1 amide bonds. The highest BCUT2D eigenvalue weighted by Gasteiger charge is 2.34. The molecule has 0 spiro atoms. The quantitative estimate of drug-likeness (QED) is 0.738. The molecule has 5 nitrogen and oxygen atoms in total. The van der Waals surface area contributed by atoms with Gasteiger partial charge in [-0.2, -0.15) is 0 Å². The van der Waals surface area contributed by atoms with Gasteiger partial charge in [-0.3, -0.25) is 14.6 Å². The summed E-state index contributed by atoms with van der Waals surface area (Å²) in [5, 5.41) is 0. The average Bonchev–Trinajstić information content (AvgIpc) is 3.44. The second kappa shape index (κ2) is 8.50. The molecule has 0 N–H and O–H groups in total. The Labute approximate surface area is 167 Å². The fourth-order valence-electron chi connectivity index (χ4n) is 3.96. The van der Waals surface area contributed by atoms with Crippen molar-refractivity contribution >= 4 is 5.91 Å². The normalized spacial score (nSPS) is 18.4. The number of furan rings is 1. The summed E-state index contributed by atoms with van der Waals surface area (Å²) in [4.78, 5) is 19.8. The summed E-state index contributed by atoms with van der Waals surface area (Å²) >= 11 is 0. The first kappa shape index (κ1) is 19.2. The largest absolute Gasteiger partial charge is 0.464 e. The molecule has 1 saturated heterocycles. The molecule has 0 radical (unpaired) electrons. The molecule has 2 aromatic rings. The minimum atomic E-state index is 0.240. The van der Waals surface area contributed by atoms with Crippen LogP contribution in [0.3, 0.4) is 0 Å². The summed E-state index contributed by atoms with van der Waals surface area (Å²) in [5.41, 5.74) is 2.76. The summed E-state index contributed by atoms with van der Waals surface area (Å²) in [5.74, 6) is 2.03. The third kappa shape index (κ3) is 4.83. The van der Waals surface area contributed by atoms with E-state index in [4.69, 9.17) is 4.42 Å². The van der Waals surface area contributed by atoms with E-state index >= 15 is 0 Å². The summed E-state index contributed by atoms with van der Waals surface area (Å²) in [6, 6.07) is 13.0. The monoisotopic (exact) mass is 381 g/mol. The van der Waals surface area contributed by atoms with Crippen molar-refractivity contribution in [2.24, 2.45) is 0 Å². The number of hydrogen-bond donors (Lipinski definition) is 0. The van der Waals surface area contributed by atoms with Crippen LogP contribution in [0.15, 0.2) is 40.8 Å². The van der Waals surface area contributed by atoms with Gasteiger partial charge in [-0.05, 0) is 49.9 Å². The minimum Gasteiger partial charge on any atom is -0.464 e. The lowest BCUT2D eigenvalue weighted by Crippen LogP contribution is -2.50. The Balaban J connectivity index is 1.27. The van der Waals surface area contributed by atoms with Gasteiger partial charge in [0.25, 0.3) is 0 Å². The van der Waals surface area contributed by atoms with Gasteiger partial charge >= 0.3 is 0 Å². The fourth-order valence-corrected chi connectivity index (χ4v) is 3.96. The van der Waals surface area contributed by atoms with E-state index in [1.54, 1.807) is 0 Å². The lowest BCUT2D eigenvalue weighted by atomic mass is 10.1. The predicted molar refractivity (Wildman–Crippen MR) is 110 cm³/mol. The number of carbonyl (C=O) groups is 1. The van der Waals surface area contributed by atoms with Crippen molar-refractivity contribution in [2.45, 2.75) is 45.8 Å². The van der Waals surface area contributed by atoms with E-state index in [2.05, 4.69) is 41.0 Å². The summed E-state index contributed by atoms with van der Waals surface area (Å²) in [6.07, 6.45) is 2.24. The zero-order chi connectivity index (χ0) is 19.5. The number of rotatable bonds is 7. The molecule has 2 fully saturated rings. The number of aryl methyl sites for hydroxylation is 2. The Kier molecular flexibility index (Phi) is 5.83. The number of amides is 1. The molecule has 1 aliphatic heterocycles. The topological polar surface area (TPSA) is 39.9 Å². The molecule has 28 heavy (non-hydrogen) atoms. The maximum Gasteiger partial charge on any atom is 0.237 e. The fraction of sp³-hybridized carbons (Fsp3) is 0.522. The van der Waals surface area contributed by atoms with Crippen LogP contribution in [0.4, 0.5) is 0 Å². The molecule has 1 aliphatic carbocycles. The zero-order valence-corrected chi connectivity index (χ0v) is 17.1. The average molecular weight is 382 g/mol. The molecule has 1 aromatic heterocycles. The summed E-state index contributed by atoms with van der Waals surface area (Å²) < 4.78 is 5.70. The Morgan fingerprint density at radius 1 is 1.04 bits per heavy atom. The summed E-state index contributed by atoms with van der Waals surface area (Å²) in [7, 11) is 0. The molecule has 1 saturated carbocycles. The van der Waals surface area contributed by atoms with Gasteiger partial charge in [0.15, 0.2) is 0 Å². The first-order valence-electron chi connectivity index (χ1n) is 10.4. The van der Waals surface area contributed by atoms with Crippen LogP contribution in [0.1, 0.15) is 35.5 Å². The third-order valence-corrected chi connectivity index (χ3v) is 5.91. The maximum atomic E-state index is 13.0. The van der Waals surface area contributed by atoms with E-state index in [1.807, 2.05) is 24.0 Å². The molecule has 2 aliphatic rings. The first-order chi connectivity index (χ1) is 13.6. The molecule has 2 heterocycles. The Hall–Kier alpha value is -2.11. The van der Waals surface area contributed by atoms with Gasteiger partial charge in [0.2, 0.25) is 5.91 Å². The SMILES string of the molecule is Cc1ccc(CN(C(=O)CN2CCN(Cc3ccccc3C)CC2)C2CC2)o1. The van der Waals surface area contributed by atoms with Crippen molar-refractivity contribution in [3.05, 3.63) is 59.0 Å². The zero-order valence-electron chi connectivity index (χ0n) is 17.1. The predicted octanol–water partition coefficient (Wildman–Crippen LogP) is 3.21. The molecule has 0 unspecified atom stereocenters. The highest BCUT2D eigenvalue weighted by Crippen LogP contribution is 2.29. The molecule has 1 aromatic carbocycles. The van der Waals surface area contributed by atoms with Crippen molar-refractivity contribution < 1.29 is 9.21 Å². The maximum absolute atomic E-state index is 13.0. The first-order valence-corrected chi connectivity index (χ1v) is 10.4. The van der Waals surface area contributed by atoms with E-state index in [0.29, 0.717) is 19.1 Å². The van der Waals surface area contributed by atoms with E-state index in [-0.39, 0.29) is 5.91 Å². The van der Waals surface area contributed by atoms with Crippen LogP contribution >= 0.6 is 0 Å². The van der Waals surface area contributed by atoms with E-state index < -0.39 is 0 Å². The van der Waals surface area contributed by atoms with Crippen molar-refractivity contribution in [3.63, 3.8) is 0 Å². The van der Waals surface area contributed by atoms with Crippen molar-refractivity contribution in [1.82, 2.24) is 14.7 Å². The Morgan fingerprint density at radius 2 is 1.75 bits per heavy atom. The number of piperazine rings is 1. The highest BCUT2D eigenvalue weighted by molar-refractivity contribution is 5.79. The lowest BCUT2D eigenvalue weighted by Gasteiger charge is -2.35. The highest BCUT2D eigenvalue weighted by atomic mass is 16.3. The molecular formula is C23H31N3O2. The molecule has 150 valence electrons. The number of hydrogen-bond acceptors (Lipinski definition) is 4. The van der Waals surface area contributed by atoms with Gasteiger partial charge in [-0.25, -0.2) is 0 Å². The van der Waals surface area contributed by atoms with Gasteiger partial charge in [0, 0.05) is 38.8 Å². The Morgan fingerprint density at radius 3 is 2.39 bits per heavy atom. The molecule has 4 rings (SSSR count).